The number of rotatable bonds is 4. The molecule has 1 aliphatic rings. The zero-order valence-electron chi connectivity index (χ0n) is 17.3. The van der Waals surface area contributed by atoms with Crippen LogP contribution in [0.2, 0.25) is 0 Å². The van der Waals surface area contributed by atoms with Crippen molar-refractivity contribution in [1.29, 1.82) is 0 Å². The van der Waals surface area contributed by atoms with Crippen molar-refractivity contribution in [1.82, 2.24) is 20.0 Å². The molecule has 1 amide bonds. The summed E-state index contributed by atoms with van der Waals surface area (Å²) >= 11 is 0. The molecule has 10 heteroatoms. The summed E-state index contributed by atoms with van der Waals surface area (Å²) in [6.45, 7) is 6.29. The van der Waals surface area contributed by atoms with Gasteiger partial charge in [-0.1, -0.05) is 17.3 Å². The van der Waals surface area contributed by atoms with Crippen LogP contribution >= 0.6 is 0 Å². The zero-order valence-corrected chi connectivity index (χ0v) is 17.3. The molecule has 0 saturated heterocycles. The van der Waals surface area contributed by atoms with Gasteiger partial charge in [0.1, 0.15) is 11.6 Å². The summed E-state index contributed by atoms with van der Waals surface area (Å²) in [5.41, 5.74) is -0.479. The molecular weight excluding hydrogens is 405 g/mol. The summed E-state index contributed by atoms with van der Waals surface area (Å²) in [6.07, 6.45) is 0. The number of aromatic nitrogens is 3. The minimum atomic E-state index is -0.816. The monoisotopic (exact) mass is 427 g/mol. The molecule has 2 aromatic heterocycles. The molecule has 31 heavy (non-hydrogen) atoms. The van der Waals surface area contributed by atoms with E-state index in [0.717, 1.165) is 0 Å². The van der Waals surface area contributed by atoms with Gasteiger partial charge >= 0.3 is 0 Å². The number of hydrogen-bond acceptors (Lipinski definition) is 7. The van der Waals surface area contributed by atoms with Gasteiger partial charge < -0.3 is 19.8 Å². The Bertz CT molecular complexity index is 1200. The van der Waals surface area contributed by atoms with Gasteiger partial charge in [-0.3, -0.25) is 14.2 Å². The maximum Gasteiger partial charge on any atom is 0.296 e. The van der Waals surface area contributed by atoms with Gasteiger partial charge in [0.15, 0.2) is 5.69 Å². The summed E-state index contributed by atoms with van der Waals surface area (Å²) in [5, 5.41) is 16.9. The van der Waals surface area contributed by atoms with Gasteiger partial charge in [0.2, 0.25) is 11.6 Å². The van der Waals surface area contributed by atoms with Gasteiger partial charge in [-0.05, 0) is 38.5 Å². The molecule has 0 aliphatic carbocycles. The number of anilines is 1. The Hall–Kier alpha value is -3.69. The fourth-order valence-corrected chi connectivity index (χ4v) is 3.71. The van der Waals surface area contributed by atoms with Crippen LogP contribution in [0, 0.1) is 12.7 Å². The van der Waals surface area contributed by atoms with E-state index in [1.165, 1.54) is 28.8 Å². The molecule has 0 radical (unpaired) electrons. The quantitative estimate of drug-likeness (QED) is 0.655. The van der Waals surface area contributed by atoms with E-state index in [2.05, 4.69) is 15.5 Å². The van der Waals surface area contributed by atoms with Crippen molar-refractivity contribution in [2.75, 3.05) is 11.4 Å². The zero-order chi connectivity index (χ0) is 22.3. The number of fused-ring (bicyclic) bond motifs is 1. The molecule has 0 spiro atoms. The third-order valence-corrected chi connectivity index (χ3v) is 5.38. The van der Waals surface area contributed by atoms with Crippen molar-refractivity contribution in [3.63, 3.8) is 0 Å². The van der Waals surface area contributed by atoms with E-state index in [1.54, 1.807) is 6.07 Å². The lowest BCUT2D eigenvalue weighted by Gasteiger charge is -2.42. The summed E-state index contributed by atoms with van der Waals surface area (Å²) in [6, 6.07) is 7.41. The molecule has 1 aromatic carbocycles. The molecule has 1 aliphatic heterocycles. The van der Waals surface area contributed by atoms with E-state index in [1.807, 2.05) is 25.7 Å². The Morgan fingerprint density at radius 1 is 1.29 bits per heavy atom. The van der Waals surface area contributed by atoms with Crippen LogP contribution in [0.3, 0.4) is 0 Å². The van der Waals surface area contributed by atoms with Crippen molar-refractivity contribution >= 4 is 11.8 Å². The molecule has 162 valence electrons. The average Bonchev–Trinajstić information content (AvgIpc) is 3.15. The van der Waals surface area contributed by atoms with Crippen LogP contribution in [-0.2, 0) is 18.6 Å². The van der Waals surface area contributed by atoms with Crippen LogP contribution in [0.5, 0.6) is 5.75 Å². The fourth-order valence-electron chi connectivity index (χ4n) is 3.71. The third kappa shape index (κ3) is 3.65. The summed E-state index contributed by atoms with van der Waals surface area (Å²) in [7, 11) is 0. The van der Waals surface area contributed by atoms with Crippen molar-refractivity contribution in [3.8, 4) is 5.75 Å². The van der Waals surface area contributed by atoms with Crippen LogP contribution in [0.15, 0.2) is 39.6 Å². The number of carbonyl (C=O) groups is 1. The summed E-state index contributed by atoms with van der Waals surface area (Å²) in [4.78, 5) is 31.8. The number of nitrogens with one attached hydrogen (secondary N) is 1. The molecule has 9 nitrogen and oxygen atoms in total. The molecule has 3 heterocycles. The molecule has 2 N–H and O–H groups in total. The highest BCUT2D eigenvalue weighted by atomic mass is 19.1. The molecule has 0 atom stereocenters. The second-order valence-electron chi connectivity index (χ2n) is 7.92. The van der Waals surface area contributed by atoms with E-state index < -0.39 is 22.8 Å². The Kier molecular flexibility index (Phi) is 5.00. The van der Waals surface area contributed by atoms with Crippen LogP contribution in [0.1, 0.15) is 41.4 Å². The Morgan fingerprint density at radius 2 is 2.00 bits per heavy atom. The van der Waals surface area contributed by atoms with Gasteiger partial charge in [0, 0.05) is 25.7 Å². The lowest BCUT2D eigenvalue weighted by Crippen LogP contribution is -2.53. The number of carbonyl (C=O) groups excluding carboxylic acids is 1. The number of halogens is 1. The van der Waals surface area contributed by atoms with Crippen LogP contribution in [0.25, 0.3) is 0 Å². The lowest BCUT2D eigenvalue weighted by atomic mass is 9.98. The largest absolute Gasteiger partial charge is 0.501 e. The maximum absolute atomic E-state index is 13.1. The van der Waals surface area contributed by atoms with E-state index in [0.29, 0.717) is 29.5 Å². The highest BCUT2D eigenvalue weighted by molar-refractivity contribution is 5.94. The predicted octanol–water partition coefficient (Wildman–Crippen LogP) is 2.07. The molecule has 3 aromatic rings. The summed E-state index contributed by atoms with van der Waals surface area (Å²) < 4.78 is 19.8. The molecular formula is C21H22FN5O4. The van der Waals surface area contributed by atoms with E-state index in [-0.39, 0.29) is 24.6 Å². The SMILES string of the molecule is Cc1cc(N2CCn3c(nc(C(=O)NCc4ccc(F)cc4)c(O)c3=O)C2(C)C)on1. The van der Waals surface area contributed by atoms with Crippen molar-refractivity contribution < 1.29 is 18.8 Å². The number of aryl methyl sites for hydroxylation is 1. The lowest BCUT2D eigenvalue weighted by molar-refractivity contribution is 0.0941. The number of nitrogens with zero attached hydrogens (tertiary/aromatic N) is 4. The first kappa shape index (κ1) is 20.6. The Balaban J connectivity index is 1.67. The highest BCUT2D eigenvalue weighted by Crippen LogP contribution is 2.35. The Morgan fingerprint density at radius 3 is 2.65 bits per heavy atom. The van der Waals surface area contributed by atoms with Gasteiger partial charge in [-0.15, -0.1) is 0 Å². The van der Waals surface area contributed by atoms with Crippen LogP contribution in [0.4, 0.5) is 10.3 Å². The number of hydrogen-bond donors (Lipinski definition) is 2. The standard InChI is InChI=1S/C21H22FN5O4/c1-12-10-15(31-25-12)27-9-8-26-19(30)17(28)16(24-20(26)21(27,2)3)18(29)23-11-13-4-6-14(22)7-5-13/h4-7,10,28H,8-9,11H2,1-3H3,(H,23,29). The van der Waals surface area contributed by atoms with E-state index >= 15 is 0 Å². The van der Waals surface area contributed by atoms with Gasteiger partial charge in [-0.25, -0.2) is 9.37 Å². The average molecular weight is 427 g/mol. The molecule has 0 bridgehead atoms. The fraction of sp³-hybridized carbons (Fsp3) is 0.333. The predicted molar refractivity (Wildman–Crippen MR) is 109 cm³/mol. The highest BCUT2D eigenvalue weighted by Gasteiger charge is 2.40. The summed E-state index contributed by atoms with van der Waals surface area (Å²) in [5.74, 6) is -0.947. The van der Waals surface area contributed by atoms with E-state index in [4.69, 9.17) is 4.52 Å². The molecule has 4 rings (SSSR count). The topological polar surface area (TPSA) is 113 Å². The van der Waals surface area contributed by atoms with Crippen LogP contribution < -0.4 is 15.8 Å². The second-order valence-corrected chi connectivity index (χ2v) is 7.92. The molecule has 0 saturated carbocycles. The Labute approximate surface area is 177 Å². The smallest absolute Gasteiger partial charge is 0.296 e. The van der Waals surface area contributed by atoms with Crippen LogP contribution in [-0.4, -0.2) is 32.3 Å². The van der Waals surface area contributed by atoms with Crippen molar-refractivity contribution in [2.45, 2.75) is 39.4 Å². The number of amides is 1. The number of benzene rings is 1. The molecule has 0 unspecified atom stereocenters. The first-order valence-corrected chi connectivity index (χ1v) is 9.76. The minimum Gasteiger partial charge on any atom is -0.501 e. The number of aromatic hydroxyl groups is 1. The normalized spacial score (nSPS) is 14.9. The molecule has 0 fully saturated rings. The van der Waals surface area contributed by atoms with Crippen molar-refractivity contribution in [3.05, 3.63) is 69.3 Å². The van der Waals surface area contributed by atoms with Gasteiger partial charge in [0.25, 0.3) is 11.5 Å². The first-order valence-electron chi connectivity index (χ1n) is 9.76. The van der Waals surface area contributed by atoms with E-state index in [9.17, 15) is 19.1 Å². The minimum absolute atomic E-state index is 0.0888. The maximum atomic E-state index is 13.1. The second kappa shape index (κ2) is 7.53. The third-order valence-electron chi connectivity index (χ3n) is 5.38. The first-order chi connectivity index (χ1) is 14.7. The van der Waals surface area contributed by atoms with Crippen molar-refractivity contribution in [2.24, 2.45) is 0 Å². The van der Waals surface area contributed by atoms with Gasteiger partial charge in [0.05, 0.1) is 11.2 Å². The van der Waals surface area contributed by atoms with Gasteiger partial charge in [-0.2, -0.15) is 0 Å².